The van der Waals surface area contributed by atoms with Crippen molar-refractivity contribution in [1.82, 2.24) is 4.90 Å². The number of aryl methyl sites for hydroxylation is 1. The number of carbonyl (C=O) groups excluding carboxylic acids is 1. The fourth-order valence-corrected chi connectivity index (χ4v) is 5.78. The molecule has 0 unspecified atom stereocenters. The summed E-state index contributed by atoms with van der Waals surface area (Å²) >= 11 is 7.89. The molecule has 0 saturated carbocycles. The second-order valence-electron chi connectivity index (χ2n) is 9.91. The average molecular weight is 629 g/mol. The molecule has 1 heterocycles. The van der Waals surface area contributed by atoms with Crippen molar-refractivity contribution in [3.63, 3.8) is 0 Å². The highest BCUT2D eigenvalue weighted by molar-refractivity contribution is 8.18. The molecule has 0 bridgehead atoms. The van der Waals surface area contributed by atoms with E-state index >= 15 is 0 Å². The zero-order valence-electron chi connectivity index (χ0n) is 24.2. The van der Waals surface area contributed by atoms with E-state index < -0.39 is 5.97 Å². The highest BCUT2D eigenvalue weighted by Gasteiger charge is 2.33. The molecule has 1 saturated heterocycles. The number of benzene rings is 4. The van der Waals surface area contributed by atoms with Crippen LogP contribution < -0.4 is 14.2 Å². The summed E-state index contributed by atoms with van der Waals surface area (Å²) < 4.78 is 16.9. The summed E-state index contributed by atoms with van der Waals surface area (Å²) in [5.74, 6) is 0.278. The summed E-state index contributed by atoms with van der Waals surface area (Å²) in [6.07, 6.45) is 1.74. The van der Waals surface area contributed by atoms with Gasteiger partial charge in [-0.05, 0) is 90.0 Å². The maximum Gasteiger partial charge on any atom is 0.335 e. The maximum absolute atomic E-state index is 13.7. The number of amides is 1. The van der Waals surface area contributed by atoms with E-state index in [4.69, 9.17) is 30.8 Å². The van der Waals surface area contributed by atoms with Crippen LogP contribution in [0.25, 0.3) is 6.08 Å². The summed E-state index contributed by atoms with van der Waals surface area (Å²) in [4.78, 5) is 31.8. The van der Waals surface area contributed by atoms with Gasteiger partial charge < -0.3 is 19.3 Å². The number of halogens is 1. The van der Waals surface area contributed by atoms with Crippen LogP contribution in [0.15, 0.2) is 94.8 Å². The van der Waals surface area contributed by atoms with Crippen LogP contribution in [-0.2, 0) is 17.9 Å². The number of hydrogen-bond acceptors (Lipinski definition) is 7. The van der Waals surface area contributed by atoms with Crippen LogP contribution in [0.4, 0.5) is 5.69 Å². The van der Waals surface area contributed by atoms with Crippen molar-refractivity contribution in [1.29, 1.82) is 0 Å². The predicted octanol–water partition coefficient (Wildman–Crippen LogP) is 7.75. The van der Waals surface area contributed by atoms with Gasteiger partial charge in [0.1, 0.15) is 12.4 Å². The molecule has 8 nitrogen and oxygen atoms in total. The lowest BCUT2D eigenvalue weighted by atomic mass is 10.1. The largest absolute Gasteiger partial charge is 0.497 e. The third-order valence-electron chi connectivity index (χ3n) is 6.74. The number of carboxylic acids is 1. The van der Waals surface area contributed by atoms with Crippen LogP contribution in [-0.4, -0.2) is 41.3 Å². The number of thioether (sulfide) groups is 1. The third kappa shape index (κ3) is 7.24. The first-order valence-electron chi connectivity index (χ1n) is 13.6. The molecule has 1 fully saturated rings. The summed E-state index contributed by atoms with van der Waals surface area (Å²) in [5, 5.41) is 10.1. The lowest BCUT2D eigenvalue weighted by Gasteiger charge is -2.16. The van der Waals surface area contributed by atoms with E-state index in [-0.39, 0.29) is 18.0 Å². The van der Waals surface area contributed by atoms with Gasteiger partial charge in [-0.2, -0.15) is 0 Å². The lowest BCUT2D eigenvalue weighted by Crippen LogP contribution is -2.28. The van der Waals surface area contributed by atoms with Crippen LogP contribution >= 0.6 is 23.4 Å². The fourth-order valence-electron chi connectivity index (χ4n) is 4.51. The number of hydrogen-bond donors (Lipinski definition) is 1. The Morgan fingerprint density at radius 1 is 0.977 bits per heavy atom. The van der Waals surface area contributed by atoms with Gasteiger partial charge in [-0.15, -0.1) is 0 Å². The van der Waals surface area contributed by atoms with Crippen molar-refractivity contribution in [2.24, 2.45) is 4.99 Å². The van der Waals surface area contributed by atoms with Crippen LogP contribution in [0.3, 0.4) is 0 Å². The zero-order chi connectivity index (χ0) is 31.2. The van der Waals surface area contributed by atoms with Crippen molar-refractivity contribution in [2.45, 2.75) is 20.1 Å². The highest BCUT2D eigenvalue weighted by Crippen LogP contribution is 2.40. The van der Waals surface area contributed by atoms with Crippen molar-refractivity contribution < 1.29 is 28.9 Å². The molecule has 4 aromatic rings. The van der Waals surface area contributed by atoms with Gasteiger partial charge in [0.15, 0.2) is 16.7 Å². The topological polar surface area (TPSA) is 97.7 Å². The van der Waals surface area contributed by atoms with Gasteiger partial charge in [-0.1, -0.05) is 53.6 Å². The summed E-state index contributed by atoms with van der Waals surface area (Å²) in [7, 11) is 3.12. The Hall–Kier alpha value is -4.73. The second-order valence-corrected chi connectivity index (χ2v) is 11.3. The molecule has 10 heteroatoms. The molecule has 1 aliphatic rings. The molecule has 1 N–H and O–H groups in total. The van der Waals surface area contributed by atoms with Gasteiger partial charge in [0.25, 0.3) is 5.91 Å². The Labute approximate surface area is 264 Å². The number of ether oxygens (including phenoxy) is 3. The Bertz CT molecular complexity index is 1750. The number of carbonyl (C=O) groups is 2. The molecular formula is C34H29ClN2O6S. The van der Waals surface area contributed by atoms with Crippen LogP contribution in [0.1, 0.15) is 32.6 Å². The number of aromatic carboxylic acids is 1. The molecule has 1 aliphatic heterocycles. The fraction of sp³-hybridized carbons (Fsp3) is 0.147. The maximum atomic E-state index is 13.7. The highest BCUT2D eigenvalue weighted by atomic mass is 35.5. The van der Waals surface area contributed by atoms with E-state index in [2.05, 4.69) is 0 Å². The average Bonchev–Trinajstić information content (AvgIpc) is 3.29. The number of methoxy groups -OCH3 is 2. The first-order valence-corrected chi connectivity index (χ1v) is 14.8. The van der Waals surface area contributed by atoms with E-state index in [0.717, 1.165) is 16.7 Å². The molecule has 224 valence electrons. The van der Waals surface area contributed by atoms with Gasteiger partial charge in [-0.3, -0.25) is 9.69 Å². The van der Waals surface area contributed by atoms with E-state index in [1.807, 2.05) is 31.2 Å². The molecule has 4 aromatic carbocycles. The van der Waals surface area contributed by atoms with Gasteiger partial charge in [0.2, 0.25) is 0 Å². The first kappa shape index (κ1) is 30.7. The van der Waals surface area contributed by atoms with Crippen molar-refractivity contribution in [3.8, 4) is 17.2 Å². The van der Waals surface area contributed by atoms with E-state index in [1.165, 1.54) is 31.0 Å². The second kappa shape index (κ2) is 13.7. The van der Waals surface area contributed by atoms with Crippen LogP contribution in [0, 0.1) is 6.92 Å². The summed E-state index contributed by atoms with van der Waals surface area (Å²) in [6, 6.07) is 25.1. The number of rotatable bonds is 10. The van der Waals surface area contributed by atoms with Gasteiger partial charge in [-0.25, -0.2) is 9.79 Å². The SMILES string of the molecule is COc1ccc(N=C2S/C(=C\c3cc(Cl)c(OCc4cccc(C)c4)c(OC)c3)C(=O)N2Cc2ccc(C(=O)O)cc2)cc1. The summed E-state index contributed by atoms with van der Waals surface area (Å²) in [5.41, 5.74) is 4.36. The van der Waals surface area contributed by atoms with Crippen molar-refractivity contribution in [2.75, 3.05) is 14.2 Å². The minimum Gasteiger partial charge on any atom is -0.497 e. The van der Waals surface area contributed by atoms with E-state index in [0.29, 0.717) is 50.2 Å². The molecule has 0 aliphatic carbocycles. The molecule has 0 radical (unpaired) electrons. The molecule has 0 spiro atoms. The number of carboxylic acid groups (broad SMARTS) is 1. The monoisotopic (exact) mass is 628 g/mol. The van der Waals surface area contributed by atoms with Crippen molar-refractivity contribution >= 4 is 52.2 Å². The molecule has 44 heavy (non-hydrogen) atoms. The number of nitrogens with zero attached hydrogens (tertiary/aromatic N) is 2. The third-order valence-corrected chi connectivity index (χ3v) is 8.03. The predicted molar refractivity (Wildman–Crippen MR) is 173 cm³/mol. The van der Waals surface area contributed by atoms with Gasteiger partial charge in [0.05, 0.1) is 41.9 Å². The zero-order valence-corrected chi connectivity index (χ0v) is 25.8. The summed E-state index contributed by atoms with van der Waals surface area (Å²) in [6.45, 7) is 2.54. The minimum atomic E-state index is -1.02. The molecule has 1 amide bonds. The quantitative estimate of drug-likeness (QED) is 0.179. The standard InChI is InChI=1S/C34H29ClN2O6S/c1-21-5-4-6-23(15-21)20-43-31-28(35)16-24(17-29(31)42-3)18-30-32(38)37(19-22-7-9-25(10-8-22)33(39)40)34(44-30)36-26-11-13-27(41-2)14-12-26/h4-18H,19-20H2,1-3H3,(H,39,40)/b30-18-,36-34?. The Morgan fingerprint density at radius 2 is 1.73 bits per heavy atom. The van der Waals surface area contributed by atoms with E-state index in [9.17, 15) is 14.7 Å². The van der Waals surface area contributed by atoms with E-state index in [1.54, 1.807) is 66.6 Å². The lowest BCUT2D eigenvalue weighted by molar-refractivity contribution is -0.122. The molecule has 0 atom stereocenters. The number of amidine groups is 1. The van der Waals surface area contributed by atoms with Crippen LogP contribution in [0.2, 0.25) is 5.02 Å². The molecule has 0 aromatic heterocycles. The minimum absolute atomic E-state index is 0.167. The van der Waals surface area contributed by atoms with Gasteiger partial charge >= 0.3 is 5.97 Å². The first-order chi connectivity index (χ1) is 21.2. The number of aliphatic imine (C=N–C) groups is 1. The van der Waals surface area contributed by atoms with Gasteiger partial charge in [0, 0.05) is 0 Å². The smallest absolute Gasteiger partial charge is 0.335 e. The molecule has 5 rings (SSSR count). The Morgan fingerprint density at radius 3 is 2.39 bits per heavy atom. The molecular weight excluding hydrogens is 600 g/mol. The van der Waals surface area contributed by atoms with Crippen LogP contribution in [0.5, 0.6) is 17.2 Å². The Kier molecular flexibility index (Phi) is 9.57. The Balaban J connectivity index is 1.44. The normalized spacial score (nSPS) is 14.7. The van der Waals surface area contributed by atoms with Crippen molar-refractivity contribution in [3.05, 3.63) is 123 Å².